The Hall–Kier alpha value is -1.85. The number of aromatic carboxylic acids is 1. The maximum Gasteiger partial charge on any atom is 0.335 e. The van der Waals surface area contributed by atoms with Crippen molar-refractivity contribution in [3.63, 3.8) is 0 Å². The number of aliphatic hydroxyl groups is 1. The Balaban J connectivity index is 1.68. The van der Waals surface area contributed by atoms with Gasteiger partial charge in [-0.1, -0.05) is 0 Å². The molecular weight excluding hydrogens is 270 g/mol. The van der Waals surface area contributed by atoms with Crippen LogP contribution in [-0.2, 0) is 6.42 Å². The van der Waals surface area contributed by atoms with Crippen molar-refractivity contribution in [2.24, 2.45) is 0 Å². The maximum absolute atomic E-state index is 10.9. The number of likely N-dealkylation sites (tertiary alicyclic amines) is 1. The average Bonchev–Trinajstić information content (AvgIpc) is 2.89. The van der Waals surface area contributed by atoms with Crippen molar-refractivity contribution in [2.45, 2.75) is 25.4 Å². The number of hydrogen-bond acceptors (Lipinski definition) is 4. The highest BCUT2D eigenvalue weighted by atomic mass is 16.4. The van der Waals surface area contributed by atoms with Crippen molar-refractivity contribution in [1.29, 1.82) is 0 Å². The minimum atomic E-state index is -0.943. The van der Waals surface area contributed by atoms with E-state index in [1.807, 2.05) is 6.07 Å². The third-order valence-corrected chi connectivity index (χ3v) is 4.16. The summed E-state index contributed by atoms with van der Waals surface area (Å²) in [5.74, 6) is -0.943. The minimum Gasteiger partial charge on any atom is -0.478 e. The number of rotatable bonds is 4. The lowest BCUT2D eigenvalue weighted by Crippen LogP contribution is -2.36. The summed E-state index contributed by atoms with van der Waals surface area (Å²) in [4.78, 5) is 13.3. The van der Waals surface area contributed by atoms with Crippen molar-refractivity contribution in [3.8, 4) is 0 Å². The summed E-state index contributed by atoms with van der Waals surface area (Å²) in [6, 6.07) is 5.00. The van der Waals surface area contributed by atoms with E-state index in [0.29, 0.717) is 5.58 Å². The molecular formula is C16H19NO4. The Labute approximate surface area is 122 Å². The Morgan fingerprint density at radius 2 is 2.10 bits per heavy atom. The lowest BCUT2D eigenvalue weighted by Gasteiger charge is -2.29. The van der Waals surface area contributed by atoms with Crippen LogP contribution in [0.25, 0.3) is 11.0 Å². The fraction of sp³-hybridized carbons (Fsp3) is 0.438. The number of furan rings is 1. The molecule has 0 atom stereocenters. The SMILES string of the molecule is O=C(O)c1ccc2c(CCN3CCC(O)CC3)coc2c1. The van der Waals surface area contributed by atoms with Gasteiger partial charge < -0.3 is 19.5 Å². The van der Waals surface area contributed by atoms with Gasteiger partial charge in [0, 0.05) is 25.0 Å². The van der Waals surface area contributed by atoms with Gasteiger partial charge in [0.15, 0.2) is 0 Å². The van der Waals surface area contributed by atoms with Crippen LogP contribution in [0.15, 0.2) is 28.9 Å². The van der Waals surface area contributed by atoms with Crippen LogP contribution in [-0.4, -0.2) is 46.8 Å². The number of hydrogen-bond donors (Lipinski definition) is 2. The maximum atomic E-state index is 10.9. The van der Waals surface area contributed by atoms with Gasteiger partial charge in [-0.25, -0.2) is 4.79 Å². The van der Waals surface area contributed by atoms with Crippen LogP contribution in [0, 0.1) is 0 Å². The number of piperidine rings is 1. The third kappa shape index (κ3) is 3.09. The van der Waals surface area contributed by atoms with Crippen LogP contribution in [0.5, 0.6) is 0 Å². The molecule has 1 fully saturated rings. The van der Waals surface area contributed by atoms with Gasteiger partial charge >= 0.3 is 5.97 Å². The van der Waals surface area contributed by atoms with E-state index in [2.05, 4.69) is 4.90 Å². The fourth-order valence-electron chi connectivity index (χ4n) is 2.83. The molecule has 1 aromatic carbocycles. The second-order valence-electron chi connectivity index (χ2n) is 5.60. The molecule has 5 heteroatoms. The standard InChI is InChI=1S/C16H19NO4/c18-13-4-7-17(8-5-13)6-3-12-10-21-15-9-11(16(19)20)1-2-14(12)15/h1-2,9-10,13,18H,3-8H2,(H,19,20). The van der Waals surface area contributed by atoms with Gasteiger partial charge in [0.1, 0.15) is 5.58 Å². The minimum absolute atomic E-state index is 0.148. The van der Waals surface area contributed by atoms with Crippen LogP contribution in [0.4, 0.5) is 0 Å². The second kappa shape index (κ2) is 5.87. The molecule has 1 aliphatic heterocycles. The highest BCUT2D eigenvalue weighted by molar-refractivity contribution is 5.93. The Kier molecular flexibility index (Phi) is 3.94. The molecule has 0 spiro atoms. The molecule has 0 aliphatic carbocycles. The number of carboxylic acids is 1. The van der Waals surface area contributed by atoms with Crippen LogP contribution in [0.3, 0.4) is 0 Å². The first-order valence-electron chi connectivity index (χ1n) is 7.27. The molecule has 3 rings (SSSR count). The summed E-state index contributed by atoms with van der Waals surface area (Å²) < 4.78 is 5.47. The lowest BCUT2D eigenvalue weighted by atomic mass is 10.1. The molecule has 0 bridgehead atoms. The number of carbonyl (C=O) groups is 1. The van der Waals surface area contributed by atoms with Crippen molar-refractivity contribution >= 4 is 16.9 Å². The number of nitrogens with zero attached hydrogens (tertiary/aromatic N) is 1. The smallest absolute Gasteiger partial charge is 0.335 e. The first-order valence-corrected chi connectivity index (χ1v) is 7.27. The van der Waals surface area contributed by atoms with E-state index in [4.69, 9.17) is 9.52 Å². The number of carboxylic acid groups (broad SMARTS) is 1. The molecule has 1 aliphatic rings. The van der Waals surface area contributed by atoms with Gasteiger partial charge in [-0.3, -0.25) is 0 Å². The summed E-state index contributed by atoms with van der Waals surface area (Å²) in [6.07, 6.45) is 4.12. The van der Waals surface area contributed by atoms with E-state index >= 15 is 0 Å². The molecule has 1 saturated heterocycles. The monoisotopic (exact) mass is 289 g/mol. The normalized spacial score (nSPS) is 17.4. The molecule has 0 unspecified atom stereocenters. The van der Waals surface area contributed by atoms with Crippen LogP contribution >= 0.6 is 0 Å². The Morgan fingerprint density at radius 1 is 1.33 bits per heavy atom. The Morgan fingerprint density at radius 3 is 2.81 bits per heavy atom. The van der Waals surface area contributed by atoms with Crippen molar-refractivity contribution in [2.75, 3.05) is 19.6 Å². The first kappa shape index (κ1) is 14.1. The number of fused-ring (bicyclic) bond motifs is 1. The number of aliphatic hydroxyl groups excluding tert-OH is 1. The van der Waals surface area contributed by atoms with Gasteiger partial charge in [0.2, 0.25) is 0 Å². The topological polar surface area (TPSA) is 73.9 Å². The predicted molar refractivity (Wildman–Crippen MR) is 78.6 cm³/mol. The zero-order chi connectivity index (χ0) is 14.8. The third-order valence-electron chi connectivity index (χ3n) is 4.16. The van der Waals surface area contributed by atoms with E-state index in [1.165, 1.54) is 0 Å². The molecule has 0 amide bonds. The highest BCUT2D eigenvalue weighted by Gasteiger charge is 2.17. The zero-order valence-corrected chi connectivity index (χ0v) is 11.8. The summed E-state index contributed by atoms with van der Waals surface area (Å²) in [5.41, 5.74) is 1.97. The molecule has 5 nitrogen and oxygen atoms in total. The fourth-order valence-corrected chi connectivity index (χ4v) is 2.83. The summed E-state index contributed by atoms with van der Waals surface area (Å²) in [5, 5.41) is 19.5. The summed E-state index contributed by atoms with van der Waals surface area (Å²) in [7, 11) is 0. The summed E-state index contributed by atoms with van der Waals surface area (Å²) in [6.45, 7) is 2.79. The van der Waals surface area contributed by atoms with E-state index in [-0.39, 0.29) is 11.7 Å². The highest BCUT2D eigenvalue weighted by Crippen LogP contribution is 2.23. The van der Waals surface area contributed by atoms with Gasteiger partial charge in [-0.05, 0) is 43.0 Å². The molecule has 0 saturated carbocycles. The number of benzene rings is 1. The molecule has 1 aromatic heterocycles. The van der Waals surface area contributed by atoms with E-state index < -0.39 is 5.97 Å². The quantitative estimate of drug-likeness (QED) is 0.902. The summed E-state index contributed by atoms with van der Waals surface area (Å²) >= 11 is 0. The van der Waals surface area contributed by atoms with Crippen molar-refractivity contribution in [3.05, 3.63) is 35.6 Å². The largest absolute Gasteiger partial charge is 0.478 e. The molecule has 112 valence electrons. The molecule has 21 heavy (non-hydrogen) atoms. The van der Waals surface area contributed by atoms with Gasteiger partial charge in [-0.2, -0.15) is 0 Å². The zero-order valence-electron chi connectivity index (χ0n) is 11.8. The first-order chi connectivity index (χ1) is 10.1. The van der Waals surface area contributed by atoms with Crippen molar-refractivity contribution < 1.29 is 19.4 Å². The van der Waals surface area contributed by atoms with Gasteiger partial charge in [0.05, 0.1) is 17.9 Å². The Bertz CT molecular complexity index is 641. The van der Waals surface area contributed by atoms with Gasteiger partial charge in [-0.15, -0.1) is 0 Å². The molecule has 2 heterocycles. The van der Waals surface area contributed by atoms with Crippen LogP contribution in [0.2, 0.25) is 0 Å². The molecule has 2 N–H and O–H groups in total. The molecule has 2 aromatic rings. The average molecular weight is 289 g/mol. The second-order valence-corrected chi connectivity index (χ2v) is 5.60. The van der Waals surface area contributed by atoms with E-state index in [0.717, 1.165) is 49.8 Å². The van der Waals surface area contributed by atoms with Crippen molar-refractivity contribution in [1.82, 2.24) is 4.90 Å². The van der Waals surface area contributed by atoms with Gasteiger partial charge in [0.25, 0.3) is 0 Å². The molecule has 0 radical (unpaired) electrons. The lowest BCUT2D eigenvalue weighted by molar-refractivity contribution is 0.0696. The van der Waals surface area contributed by atoms with E-state index in [1.54, 1.807) is 18.4 Å². The van der Waals surface area contributed by atoms with Crippen LogP contribution < -0.4 is 0 Å². The van der Waals surface area contributed by atoms with Crippen LogP contribution in [0.1, 0.15) is 28.8 Å². The van der Waals surface area contributed by atoms with E-state index in [9.17, 15) is 9.90 Å². The predicted octanol–water partition coefficient (Wildman–Crippen LogP) is 2.13.